The van der Waals surface area contributed by atoms with E-state index in [1.54, 1.807) is 0 Å². The summed E-state index contributed by atoms with van der Waals surface area (Å²) in [5, 5.41) is 9.73. The monoisotopic (exact) mass is 242 g/mol. The zero-order valence-electron chi connectivity index (χ0n) is 10.9. The highest BCUT2D eigenvalue weighted by molar-refractivity contribution is 5.76. The molecule has 0 saturated carbocycles. The lowest BCUT2D eigenvalue weighted by molar-refractivity contribution is -0.135. The quantitative estimate of drug-likeness (QED) is 0.686. The van der Waals surface area contributed by atoms with Crippen molar-refractivity contribution in [1.82, 2.24) is 4.90 Å². The summed E-state index contributed by atoms with van der Waals surface area (Å²) in [7, 11) is 0. The molecule has 0 aliphatic carbocycles. The molecule has 0 aromatic rings. The molecule has 2 atom stereocenters. The van der Waals surface area contributed by atoms with Gasteiger partial charge in [-0.3, -0.25) is 4.79 Å². The highest BCUT2D eigenvalue weighted by Crippen LogP contribution is 2.18. The Balaban J connectivity index is 2.15. The van der Waals surface area contributed by atoms with Crippen LogP contribution in [0.25, 0.3) is 0 Å². The number of likely N-dealkylation sites (tertiary alicyclic amines) is 1. The van der Waals surface area contributed by atoms with Crippen LogP contribution in [0, 0.1) is 5.92 Å². The molecular weight excluding hydrogens is 216 g/mol. The second-order valence-corrected chi connectivity index (χ2v) is 5.13. The van der Waals surface area contributed by atoms with E-state index in [0.717, 1.165) is 45.2 Å². The highest BCUT2D eigenvalue weighted by Gasteiger charge is 2.26. The van der Waals surface area contributed by atoms with Crippen LogP contribution in [0.4, 0.5) is 0 Å². The molecule has 0 spiro atoms. The van der Waals surface area contributed by atoms with E-state index in [2.05, 4.69) is 0 Å². The number of unbranched alkanes of at least 4 members (excludes halogenated alkanes) is 3. The average molecular weight is 242 g/mol. The number of rotatable bonds is 6. The summed E-state index contributed by atoms with van der Waals surface area (Å²) in [5.41, 5.74) is 5.41. The predicted molar refractivity (Wildman–Crippen MR) is 68.5 cm³/mol. The fourth-order valence-electron chi connectivity index (χ4n) is 2.21. The number of β-amino-alcohol motifs (C(OH)–C–C–N with tert-alkyl or cyclic N) is 1. The molecule has 0 aromatic heterocycles. The standard InChI is InChI=1S/C13H26N2O2/c1-11-7-9-15(10-12(11)16)13(17)6-4-2-3-5-8-14/h11-12,16H,2-10,14H2,1H3. The predicted octanol–water partition coefficient (Wildman–Crippen LogP) is 1.12. The van der Waals surface area contributed by atoms with E-state index in [1.165, 1.54) is 0 Å². The number of carbonyl (C=O) groups excluding carboxylic acids is 1. The number of hydrogen-bond acceptors (Lipinski definition) is 3. The summed E-state index contributed by atoms with van der Waals surface area (Å²) < 4.78 is 0. The van der Waals surface area contributed by atoms with Crippen molar-refractivity contribution < 1.29 is 9.90 Å². The topological polar surface area (TPSA) is 66.6 Å². The third kappa shape index (κ3) is 5.04. The first-order valence-electron chi connectivity index (χ1n) is 6.81. The molecule has 1 saturated heterocycles. The second-order valence-electron chi connectivity index (χ2n) is 5.13. The Labute approximate surface area is 104 Å². The van der Waals surface area contributed by atoms with Crippen LogP contribution in [0.5, 0.6) is 0 Å². The fourth-order valence-corrected chi connectivity index (χ4v) is 2.21. The number of amides is 1. The zero-order valence-corrected chi connectivity index (χ0v) is 10.9. The van der Waals surface area contributed by atoms with Crippen LogP contribution in [-0.2, 0) is 4.79 Å². The van der Waals surface area contributed by atoms with Gasteiger partial charge < -0.3 is 15.7 Å². The summed E-state index contributed by atoms with van der Waals surface area (Å²) in [4.78, 5) is 13.7. The van der Waals surface area contributed by atoms with Crippen molar-refractivity contribution in [3.63, 3.8) is 0 Å². The first-order chi connectivity index (χ1) is 8.15. The fraction of sp³-hybridized carbons (Fsp3) is 0.923. The summed E-state index contributed by atoms with van der Waals surface area (Å²) in [5.74, 6) is 0.521. The minimum atomic E-state index is -0.343. The van der Waals surface area contributed by atoms with Gasteiger partial charge in [0.05, 0.1) is 6.10 Å². The maximum absolute atomic E-state index is 11.9. The van der Waals surface area contributed by atoms with Crippen molar-refractivity contribution >= 4 is 5.91 Å². The van der Waals surface area contributed by atoms with Gasteiger partial charge in [0.15, 0.2) is 0 Å². The maximum atomic E-state index is 11.9. The second kappa shape index (κ2) is 7.67. The van der Waals surface area contributed by atoms with Crippen LogP contribution in [-0.4, -0.2) is 41.7 Å². The summed E-state index contributed by atoms with van der Waals surface area (Å²) in [6.45, 7) is 4.10. The third-order valence-electron chi connectivity index (χ3n) is 3.62. The van der Waals surface area contributed by atoms with Crippen LogP contribution < -0.4 is 5.73 Å². The molecule has 0 aromatic carbocycles. The SMILES string of the molecule is CC1CCN(C(=O)CCCCCCN)CC1O. The zero-order chi connectivity index (χ0) is 12.7. The number of aliphatic hydroxyl groups is 1. The lowest BCUT2D eigenvalue weighted by Crippen LogP contribution is -2.45. The van der Waals surface area contributed by atoms with Crippen LogP contribution in [0.2, 0.25) is 0 Å². The first kappa shape index (κ1) is 14.5. The van der Waals surface area contributed by atoms with E-state index in [0.29, 0.717) is 18.9 Å². The van der Waals surface area contributed by atoms with E-state index >= 15 is 0 Å². The number of carbonyl (C=O) groups is 1. The Morgan fingerprint density at radius 3 is 2.71 bits per heavy atom. The van der Waals surface area contributed by atoms with Gasteiger partial charge in [-0.05, 0) is 31.7 Å². The van der Waals surface area contributed by atoms with Gasteiger partial charge in [0.1, 0.15) is 0 Å². The van der Waals surface area contributed by atoms with Gasteiger partial charge in [0.2, 0.25) is 5.91 Å². The molecule has 17 heavy (non-hydrogen) atoms. The molecular formula is C13H26N2O2. The molecule has 1 heterocycles. The number of piperidine rings is 1. The van der Waals surface area contributed by atoms with Crippen molar-refractivity contribution in [3.8, 4) is 0 Å². The third-order valence-corrected chi connectivity index (χ3v) is 3.62. The summed E-state index contributed by atoms with van der Waals surface area (Å²) in [6.07, 6.45) is 5.38. The number of aliphatic hydroxyl groups excluding tert-OH is 1. The minimum Gasteiger partial charge on any atom is -0.391 e. The van der Waals surface area contributed by atoms with Gasteiger partial charge >= 0.3 is 0 Å². The number of nitrogens with zero attached hydrogens (tertiary/aromatic N) is 1. The van der Waals surface area contributed by atoms with Gasteiger partial charge in [0.25, 0.3) is 0 Å². The van der Waals surface area contributed by atoms with Gasteiger partial charge in [0, 0.05) is 19.5 Å². The van der Waals surface area contributed by atoms with Crippen molar-refractivity contribution in [3.05, 3.63) is 0 Å². The first-order valence-corrected chi connectivity index (χ1v) is 6.81. The molecule has 1 amide bonds. The van der Waals surface area contributed by atoms with Crippen molar-refractivity contribution in [2.24, 2.45) is 11.7 Å². The largest absolute Gasteiger partial charge is 0.391 e. The Bertz CT molecular complexity index is 233. The van der Waals surface area contributed by atoms with Gasteiger partial charge in [-0.1, -0.05) is 19.8 Å². The number of hydrogen-bond donors (Lipinski definition) is 2. The van der Waals surface area contributed by atoms with E-state index in [9.17, 15) is 9.90 Å². The van der Waals surface area contributed by atoms with Gasteiger partial charge in [-0.25, -0.2) is 0 Å². The normalized spacial score (nSPS) is 25.0. The molecule has 2 unspecified atom stereocenters. The molecule has 1 aliphatic heterocycles. The Morgan fingerprint density at radius 2 is 2.06 bits per heavy atom. The Morgan fingerprint density at radius 1 is 1.35 bits per heavy atom. The average Bonchev–Trinajstić information content (AvgIpc) is 2.32. The van der Waals surface area contributed by atoms with Gasteiger partial charge in [-0.15, -0.1) is 0 Å². The van der Waals surface area contributed by atoms with Crippen LogP contribution in [0.3, 0.4) is 0 Å². The van der Waals surface area contributed by atoms with Crippen LogP contribution in [0.1, 0.15) is 45.4 Å². The molecule has 0 radical (unpaired) electrons. The molecule has 1 rings (SSSR count). The van der Waals surface area contributed by atoms with Crippen molar-refractivity contribution in [2.45, 2.75) is 51.6 Å². The van der Waals surface area contributed by atoms with Crippen molar-refractivity contribution in [1.29, 1.82) is 0 Å². The van der Waals surface area contributed by atoms with Gasteiger partial charge in [-0.2, -0.15) is 0 Å². The van der Waals surface area contributed by atoms with E-state index in [1.807, 2.05) is 11.8 Å². The minimum absolute atomic E-state index is 0.198. The Kier molecular flexibility index (Phi) is 6.52. The molecule has 4 heteroatoms. The lowest BCUT2D eigenvalue weighted by Gasteiger charge is -2.34. The molecule has 3 N–H and O–H groups in total. The molecule has 100 valence electrons. The van der Waals surface area contributed by atoms with E-state index in [4.69, 9.17) is 5.73 Å². The van der Waals surface area contributed by atoms with Crippen LogP contribution in [0.15, 0.2) is 0 Å². The highest BCUT2D eigenvalue weighted by atomic mass is 16.3. The number of nitrogens with two attached hydrogens (primary N) is 1. The van der Waals surface area contributed by atoms with E-state index < -0.39 is 0 Å². The van der Waals surface area contributed by atoms with E-state index in [-0.39, 0.29) is 12.0 Å². The molecule has 0 bridgehead atoms. The molecule has 1 fully saturated rings. The maximum Gasteiger partial charge on any atom is 0.222 e. The lowest BCUT2D eigenvalue weighted by atomic mass is 9.96. The van der Waals surface area contributed by atoms with Crippen LogP contribution >= 0.6 is 0 Å². The summed E-state index contributed by atoms with van der Waals surface area (Å²) in [6, 6.07) is 0. The molecule has 4 nitrogen and oxygen atoms in total. The van der Waals surface area contributed by atoms with Crippen molar-refractivity contribution in [2.75, 3.05) is 19.6 Å². The Hall–Kier alpha value is -0.610. The summed E-state index contributed by atoms with van der Waals surface area (Å²) >= 11 is 0. The molecule has 1 aliphatic rings. The smallest absolute Gasteiger partial charge is 0.222 e.